The van der Waals surface area contributed by atoms with E-state index in [0.717, 1.165) is 37.8 Å². The molecule has 0 amide bonds. The minimum atomic E-state index is 0.365. The normalized spacial score (nSPS) is 28.0. The van der Waals surface area contributed by atoms with Crippen LogP contribution in [0.5, 0.6) is 11.5 Å². The van der Waals surface area contributed by atoms with Crippen LogP contribution in [0.4, 0.5) is 0 Å². The molecule has 0 bridgehead atoms. The average molecular weight is 335 g/mol. The lowest BCUT2D eigenvalue weighted by Crippen LogP contribution is -2.50. The van der Waals surface area contributed by atoms with E-state index in [-0.39, 0.29) is 0 Å². The largest absolute Gasteiger partial charge is 0.493 e. The zero-order valence-corrected chi connectivity index (χ0v) is 15.0. The Labute approximate surface area is 144 Å². The van der Waals surface area contributed by atoms with Gasteiger partial charge in [-0.1, -0.05) is 12.5 Å². The molecule has 1 saturated heterocycles. The lowest BCUT2D eigenvalue weighted by atomic mass is 9.93. The first-order valence-corrected chi connectivity index (χ1v) is 8.82. The molecule has 0 radical (unpaired) electrons. The van der Waals surface area contributed by atoms with Gasteiger partial charge in [0.2, 0.25) is 0 Å². The fourth-order valence-corrected chi connectivity index (χ4v) is 4.15. The highest BCUT2D eigenvalue weighted by Gasteiger charge is 2.38. The molecule has 1 aromatic carbocycles. The second-order valence-electron chi connectivity index (χ2n) is 6.67. The van der Waals surface area contributed by atoms with Crippen LogP contribution < -0.4 is 9.47 Å². The van der Waals surface area contributed by atoms with Crippen LogP contribution in [0.3, 0.4) is 0 Å². The van der Waals surface area contributed by atoms with Gasteiger partial charge >= 0.3 is 0 Å². The first-order valence-electron chi connectivity index (χ1n) is 8.82. The minimum Gasteiger partial charge on any atom is -0.493 e. The van der Waals surface area contributed by atoms with Crippen molar-refractivity contribution in [3.63, 3.8) is 0 Å². The van der Waals surface area contributed by atoms with E-state index in [1.54, 1.807) is 14.2 Å². The highest BCUT2D eigenvalue weighted by molar-refractivity contribution is 5.42. The van der Waals surface area contributed by atoms with Crippen molar-refractivity contribution in [1.29, 1.82) is 0 Å². The van der Waals surface area contributed by atoms with Crippen molar-refractivity contribution >= 4 is 0 Å². The monoisotopic (exact) mass is 335 g/mol. The van der Waals surface area contributed by atoms with Gasteiger partial charge in [0.15, 0.2) is 11.5 Å². The number of rotatable bonds is 6. The van der Waals surface area contributed by atoms with Crippen LogP contribution in [0, 0.1) is 5.92 Å². The van der Waals surface area contributed by atoms with Gasteiger partial charge in [-0.05, 0) is 30.5 Å². The van der Waals surface area contributed by atoms with Gasteiger partial charge in [-0.25, -0.2) is 0 Å². The summed E-state index contributed by atoms with van der Waals surface area (Å²) >= 11 is 0. The minimum absolute atomic E-state index is 0.365. The van der Waals surface area contributed by atoms with Crippen LogP contribution in [0.25, 0.3) is 0 Å². The van der Waals surface area contributed by atoms with Crippen LogP contribution in [-0.4, -0.2) is 58.1 Å². The van der Waals surface area contributed by atoms with Gasteiger partial charge in [0.25, 0.3) is 0 Å². The SMILES string of the molecule is COc1ccc(CN2CCOC[C@@H]2[C@H]2CCC[C@H]2OC)cc1OC. The number of nitrogens with zero attached hydrogens (tertiary/aromatic N) is 1. The second-order valence-corrected chi connectivity index (χ2v) is 6.67. The van der Waals surface area contributed by atoms with Gasteiger partial charge in [0.05, 0.1) is 33.5 Å². The van der Waals surface area contributed by atoms with Crippen LogP contribution in [-0.2, 0) is 16.0 Å². The number of benzene rings is 1. The Morgan fingerprint density at radius 3 is 2.71 bits per heavy atom. The first-order chi connectivity index (χ1) is 11.8. The third-order valence-corrected chi connectivity index (χ3v) is 5.41. The predicted octanol–water partition coefficient (Wildman–Crippen LogP) is 2.72. The molecule has 1 saturated carbocycles. The number of hydrogen-bond donors (Lipinski definition) is 0. The highest BCUT2D eigenvalue weighted by Crippen LogP contribution is 2.35. The molecular formula is C19H29NO4. The maximum atomic E-state index is 5.79. The van der Waals surface area contributed by atoms with E-state index >= 15 is 0 Å². The maximum absolute atomic E-state index is 5.79. The lowest BCUT2D eigenvalue weighted by molar-refractivity contribution is -0.0608. The molecule has 0 spiro atoms. The summed E-state index contributed by atoms with van der Waals surface area (Å²) < 4.78 is 22.3. The predicted molar refractivity (Wildman–Crippen MR) is 92.7 cm³/mol. The zero-order chi connectivity index (χ0) is 16.9. The smallest absolute Gasteiger partial charge is 0.161 e. The molecule has 0 unspecified atom stereocenters. The average Bonchev–Trinajstić information content (AvgIpc) is 3.10. The number of morpholine rings is 1. The molecule has 2 aliphatic rings. The molecular weight excluding hydrogens is 306 g/mol. The van der Waals surface area contributed by atoms with Gasteiger partial charge < -0.3 is 18.9 Å². The van der Waals surface area contributed by atoms with Crippen molar-refractivity contribution in [3.8, 4) is 11.5 Å². The Hall–Kier alpha value is -1.30. The summed E-state index contributed by atoms with van der Waals surface area (Å²) in [6.45, 7) is 3.47. The summed E-state index contributed by atoms with van der Waals surface area (Å²) in [5, 5.41) is 0. The first kappa shape index (κ1) is 17.5. The summed E-state index contributed by atoms with van der Waals surface area (Å²) in [6, 6.07) is 6.61. The van der Waals surface area contributed by atoms with E-state index in [2.05, 4.69) is 17.0 Å². The van der Waals surface area contributed by atoms with Gasteiger partial charge in [-0.3, -0.25) is 4.90 Å². The standard InChI is InChI=1S/C19H29NO4/c1-21-17-6-4-5-15(17)16-13-24-10-9-20(16)12-14-7-8-18(22-2)19(11-14)23-3/h7-8,11,15-17H,4-6,9-10,12-13H2,1-3H3/t15-,16-,17-/m1/s1. The summed E-state index contributed by atoms with van der Waals surface area (Å²) in [4.78, 5) is 2.55. The van der Waals surface area contributed by atoms with Crippen LogP contribution in [0.1, 0.15) is 24.8 Å². The topological polar surface area (TPSA) is 40.2 Å². The second kappa shape index (κ2) is 8.19. The lowest BCUT2D eigenvalue weighted by Gasteiger charge is -2.40. The van der Waals surface area contributed by atoms with Crippen LogP contribution >= 0.6 is 0 Å². The third kappa shape index (κ3) is 3.68. The molecule has 1 aromatic rings. The van der Waals surface area contributed by atoms with E-state index in [1.807, 2.05) is 13.2 Å². The molecule has 5 heteroatoms. The van der Waals surface area contributed by atoms with E-state index in [1.165, 1.54) is 24.8 Å². The molecule has 5 nitrogen and oxygen atoms in total. The van der Waals surface area contributed by atoms with Crippen molar-refractivity contribution in [2.75, 3.05) is 41.1 Å². The molecule has 3 rings (SSSR count). The molecule has 1 aliphatic heterocycles. The maximum Gasteiger partial charge on any atom is 0.161 e. The quantitative estimate of drug-likeness (QED) is 0.799. The molecule has 1 heterocycles. The molecule has 134 valence electrons. The third-order valence-electron chi connectivity index (χ3n) is 5.41. The van der Waals surface area contributed by atoms with Crippen molar-refractivity contribution in [2.45, 2.75) is 38.0 Å². The Morgan fingerprint density at radius 2 is 1.96 bits per heavy atom. The zero-order valence-electron chi connectivity index (χ0n) is 15.0. The Morgan fingerprint density at radius 1 is 1.12 bits per heavy atom. The molecule has 24 heavy (non-hydrogen) atoms. The molecule has 2 fully saturated rings. The summed E-state index contributed by atoms with van der Waals surface area (Å²) in [5.74, 6) is 2.13. The van der Waals surface area contributed by atoms with E-state index < -0.39 is 0 Å². The van der Waals surface area contributed by atoms with Crippen molar-refractivity contribution in [2.24, 2.45) is 5.92 Å². The van der Waals surface area contributed by atoms with Crippen molar-refractivity contribution in [1.82, 2.24) is 4.90 Å². The van der Waals surface area contributed by atoms with Crippen LogP contribution in [0.15, 0.2) is 18.2 Å². The van der Waals surface area contributed by atoms with Crippen molar-refractivity contribution in [3.05, 3.63) is 23.8 Å². The molecule has 3 atom stereocenters. The number of methoxy groups -OCH3 is 3. The molecule has 0 aromatic heterocycles. The van der Waals surface area contributed by atoms with Gasteiger partial charge in [-0.2, -0.15) is 0 Å². The summed E-state index contributed by atoms with van der Waals surface area (Å²) in [6.07, 6.45) is 4.02. The van der Waals surface area contributed by atoms with Gasteiger partial charge in [-0.15, -0.1) is 0 Å². The highest BCUT2D eigenvalue weighted by atomic mass is 16.5. The summed E-state index contributed by atoms with van der Waals surface area (Å²) in [5.41, 5.74) is 1.24. The molecule has 1 aliphatic carbocycles. The Balaban J connectivity index is 1.74. The Bertz CT molecular complexity index is 536. The fourth-order valence-electron chi connectivity index (χ4n) is 4.15. The number of ether oxygens (including phenoxy) is 4. The fraction of sp³-hybridized carbons (Fsp3) is 0.684. The van der Waals surface area contributed by atoms with Gasteiger partial charge in [0, 0.05) is 32.2 Å². The Kier molecular flexibility index (Phi) is 5.98. The van der Waals surface area contributed by atoms with Gasteiger partial charge in [0.1, 0.15) is 0 Å². The van der Waals surface area contributed by atoms with E-state index in [4.69, 9.17) is 18.9 Å². The van der Waals surface area contributed by atoms with Crippen molar-refractivity contribution < 1.29 is 18.9 Å². The van der Waals surface area contributed by atoms with E-state index in [9.17, 15) is 0 Å². The molecule has 0 N–H and O–H groups in total. The van der Waals surface area contributed by atoms with Crippen LogP contribution in [0.2, 0.25) is 0 Å². The summed E-state index contributed by atoms with van der Waals surface area (Å²) in [7, 11) is 5.19. The number of hydrogen-bond acceptors (Lipinski definition) is 5. The van der Waals surface area contributed by atoms with E-state index in [0.29, 0.717) is 18.1 Å².